The predicted octanol–water partition coefficient (Wildman–Crippen LogP) is 4.60. The molecule has 1 aromatic rings. The zero-order valence-corrected chi connectivity index (χ0v) is 12.9. The number of hydrogen-bond donors (Lipinski definition) is 1. The topological polar surface area (TPSA) is 29.5 Å². The van der Waals surface area contributed by atoms with Gasteiger partial charge in [-0.15, -0.1) is 0 Å². The van der Waals surface area contributed by atoms with Crippen LogP contribution in [0.1, 0.15) is 57.1 Å². The van der Waals surface area contributed by atoms with Gasteiger partial charge < -0.3 is 9.84 Å². The SMILES string of the molecule is CCC1CCC2(CC1)C[C@@H](O)c1ccc(Br)cc1O2. The largest absolute Gasteiger partial charge is 0.487 e. The molecule has 1 aliphatic carbocycles. The van der Waals surface area contributed by atoms with E-state index in [0.717, 1.165) is 41.0 Å². The maximum Gasteiger partial charge on any atom is 0.127 e. The summed E-state index contributed by atoms with van der Waals surface area (Å²) >= 11 is 3.48. The molecular weight excluding hydrogens is 304 g/mol. The van der Waals surface area contributed by atoms with Crippen LogP contribution in [0.4, 0.5) is 0 Å². The van der Waals surface area contributed by atoms with Gasteiger partial charge >= 0.3 is 0 Å². The molecule has 0 saturated heterocycles. The number of rotatable bonds is 1. The molecule has 104 valence electrons. The van der Waals surface area contributed by atoms with Crippen molar-refractivity contribution in [2.24, 2.45) is 5.92 Å². The highest BCUT2D eigenvalue weighted by Gasteiger charge is 2.42. The van der Waals surface area contributed by atoms with Gasteiger partial charge in [-0.2, -0.15) is 0 Å². The van der Waals surface area contributed by atoms with E-state index < -0.39 is 0 Å². The van der Waals surface area contributed by atoms with Crippen molar-refractivity contribution < 1.29 is 9.84 Å². The summed E-state index contributed by atoms with van der Waals surface area (Å²) in [6.45, 7) is 2.27. The molecule has 3 heteroatoms. The smallest absolute Gasteiger partial charge is 0.127 e. The van der Waals surface area contributed by atoms with Crippen LogP contribution < -0.4 is 4.74 Å². The molecule has 1 N–H and O–H groups in total. The highest BCUT2D eigenvalue weighted by molar-refractivity contribution is 9.10. The Bertz CT molecular complexity index is 464. The highest BCUT2D eigenvalue weighted by Crippen LogP contribution is 2.48. The Morgan fingerprint density at radius 1 is 1.37 bits per heavy atom. The first-order valence-corrected chi connectivity index (χ1v) is 8.08. The Balaban J connectivity index is 1.84. The van der Waals surface area contributed by atoms with E-state index in [-0.39, 0.29) is 11.7 Å². The van der Waals surface area contributed by atoms with Crippen molar-refractivity contribution in [2.75, 3.05) is 0 Å². The summed E-state index contributed by atoms with van der Waals surface area (Å²) in [5.41, 5.74) is 0.810. The minimum absolute atomic E-state index is 0.126. The maximum absolute atomic E-state index is 10.4. The summed E-state index contributed by atoms with van der Waals surface area (Å²) in [6, 6.07) is 5.93. The van der Waals surface area contributed by atoms with Gasteiger partial charge in [-0.3, -0.25) is 0 Å². The monoisotopic (exact) mass is 324 g/mol. The van der Waals surface area contributed by atoms with Crippen molar-refractivity contribution in [3.05, 3.63) is 28.2 Å². The molecule has 1 atom stereocenters. The van der Waals surface area contributed by atoms with Crippen LogP contribution in [0.3, 0.4) is 0 Å². The number of hydrogen-bond acceptors (Lipinski definition) is 2. The number of halogens is 1. The molecule has 1 heterocycles. The third kappa shape index (κ3) is 2.55. The molecule has 19 heavy (non-hydrogen) atoms. The van der Waals surface area contributed by atoms with Crippen LogP contribution in [-0.4, -0.2) is 10.7 Å². The van der Waals surface area contributed by atoms with Gasteiger partial charge in [0.15, 0.2) is 0 Å². The first kappa shape index (κ1) is 13.4. The second kappa shape index (κ2) is 5.10. The normalized spacial score (nSPS) is 33.8. The Hall–Kier alpha value is -0.540. The van der Waals surface area contributed by atoms with E-state index in [0.29, 0.717) is 0 Å². The Labute approximate surface area is 123 Å². The first-order valence-electron chi connectivity index (χ1n) is 7.28. The molecule has 0 unspecified atom stereocenters. The Morgan fingerprint density at radius 2 is 2.11 bits per heavy atom. The standard InChI is InChI=1S/C16H21BrO2/c1-2-11-5-7-16(8-6-11)10-14(18)13-4-3-12(17)9-15(13)19-16/h3-4,9,11,14,18H,2,5-8,10H2,1H3/t11?,14-,16?/m1/s1. The molecule has 0 aromatic heterocycles. The van der Waals surface area contributed by atoms with Crippen LogP contribution in [0.2, 0.25) is 0 Å². The molecule has 1 aromatic carbocycles. The van der Waals surface area contributed by atoms with Crippen molar-refractivity contribution in [1.29, 1.82) is 0 Å². The first-order chi connectivity index (χ1) is 9.12. The summed E-state index contributed by atoms with van der Waals surface area (Å²) in [5, 5.41) is 10.4. The van der Waals surface area contributed by atoms with E-state index in [1.165, 1.54) is 19.3 Å². The fourth-order valence-electron chi connectivity index (χ4n) is 3.53. The van der Waals surface area contributed by atoms with E-state index in [1.807, 2.05) is 18.2 Å². The van der Waals surface area contributed by atoms with E-state index in [4.69, 9.17) is 4.74 Å². The maximum atomic E-state index is 10.4. The van der Waals surface area contributed by atoms with Crippen molar-refractivity contribution in [3.8, 4) is 5.75 Å². The summed E-state index contributed by atoms with van der Waals surface area (Å²) in [6.07, 6.45) is 6.25. The molecule has 1 aliphatic heterocycles. The Kier molecular flexibility index (Phi) is 3.61. The van der Waals surface area contributed by atoms with Crippen LogP contribution in [-0.2, 0) is 0 Å². The van der Waals surface area contributed by atoms with Gasteiger partial charge in [-0.25, -0.2) is 0 Å². The molecule has 0 bridgehead atoms. The third-order valence-electron chi connectivity index (χ3n) is 4.82. The molecule has 0 radical (unpaired) electrons. The van der Waals surface area contributed by atoms with Crippen LogP contribution in [0, 0.1) is 5.92 Å². The van der Waals surface area contributed by atoms with E-state index in [2.05, 4.69) is 22.9 Å². The fourth-order valence-corrected chi connectivity index (χ4v) is 3.87. The second-order valence-corrected chi connectivity index (χ2v) is 6.95. The number of ether oxygens (including phenoxy) is 1. The van der Waals surface area contributed by atoms with Gasteiger partial charge in [-0.1, -0.05) is 35.3 Å². The molecule has 1 fully saturated rings. The highest BCUT2D eigenvalue weighted by atomic mass is 79.9. The van der Waals surface area contributed by atoms with Gasteiger partial charge in [0.1, 0.15) is 11.4 Å². The molecular formula is C16H21BrO2. The van der Waals surface area contributed by atoms with Gasteiger partial charge in [0.2, 0.25) is 0 Å². The summed E-state index contributed by atoms with van der Waals surface area (Å²) in [5.74, 6) is 1.71. The van der Waals surface area contributed by atoms with Crippen molar-refractivity contribution in [3.63, 3.8) is 0 Å². The molecule has 1 saturated carbocycles. The lowest BCUT2D eigenvalue weighted by molar-refractivity contribution is -0.0470. The lowest BCUT2D eigenvalue weighted by Crippen LogP contribution is -2.44. The van der Waals surface area contributed by atoms with Crippen LogP contribution in [0.25, 0.3) is 0 Å². The average Bonchev–Trinajstić information content (AvgIpc) is 2.39. The van der Waals surface area contributed by atoms with Gasteiger partial charge in [-0.05, 0) is 43.7 Å². The average molecular weight is 325 g/mol. The predicted molar refractivity (Wildman–Crippen MR) is 79.3 cm³/mol. The number of aliphatic hydroxyl groups excluding tert-OH is 1. The lowest BCUT2D eigenvalue weighted by Gasteiger charge is -2.45. The van der Waals surface area contributed by atoms with Crippen molar-refractivity contribution in [1.82, 2.24) is 0 Å². The van der Waals surface area contributed by atoms with E-state index in [9.17, 15) is 5.11 Å². The minimum atomic E-state index is -0.380. The zero-order valence-electron chi connectivity index (χ0n) is 11.4. The minimum Gasteiger partial charge on any atom is -0.487 e. The second-order valence-electron chi connectivity index (χ2n) is 6.04. The van der Waals surface area contributed by atoms with E-state index >= 15 is 0 Å². The summed E-state index contributed by atoms with van der Waals surface area (Å²) < 4.78 is 7.33. The zero-order chi connectivity index (χ0) is 13.5. The summed E-state index contributed by atoms with van der Waals surface area (Å²) in [7, 11) is 0. The van der Waals surface area contributed by atoms with Crippen molar-refractivity contribution >= 4 is 15.9 Å². The number of aliphatic hydroxyl groups is 1. The molecule has 2 aliphatic rings. The van der Waals surface area contributed by atoms with Gasteiger partial charge in [0.05, 0.1) is 6.10 Å². The lowest BCUT2D eigenvalue weighted by atomic mass is 9.73. The van der Waals surface area contributed by atoms with Crippen LogP contribution in [0.15, 0.2) is 22.7 Å². The number of fused-ring (bicyclic) bond motifs is 1. The van der Waals surface area contributed by atoms with Crippen LogP contribution >= 0.6 is 15.9 Å². The number of benzene rings is 1. The fraction of sp³-hybridized carbons (Fsp3) is 0.625. The summed E-state index contributed by atoms with van der Waals surface area (Å²) in [4.78, 5) is 0. The molecule has 2 nitrogen and oxygen atoms in total. The van der Waals surface area contributed by atoms with Crippen LogP contribution in [0.5, 0.6) is 5.75 Å². The molecule has 0 amide bonds. The quantitative estimate of drug-likeness (QED) is 0.817. The van der Waals surface area contributed by atoms with Gasteiger partial charge in [0.25, 0.3) is 0 Å². The molecule has 3 rings (SSSR count). The third-order valence-corrected chi connectivity index (χ3v) is 5.31. The van der Waals surface area contributed by atoms with E-state index in [1.54, 1.807) is 0 Å². The molecule has 1 spiro atoms. The Morgan fingerprint density at radius 3 is 2.79 bits per heavy atom. The van der Waals surface area contributed by atoms with Crippen molar-refractivity contribution in [2.45, 2.75) is 57.2 Å². The van der Waals surface area contributed by atoms with Gasteiger partial charge in [0, 0.05) is 16.5 Å².